The van der Waals surface area contributed by atoms with E-state index in [4.69, 9.17) is 0 Å². The number of nitrogens with zero attached hydrogens (tertiary/aromatic N) is 1. The van der Waals surface area contributed by atoms with Crippen LogP contribution in [0.25, 0.3) is 0 Å². The van der Waals surface area contributed by atoms with Crippen molar-refractivity contribution in [2.75, 3.05) is 7.05 Å². The summed E-state index contributed by atoms with van der Waals surface area (Å²) in [6, 6.07) is 10.1. The van der Waals surface area contributed by atoms with E-state index in [9.17, 15) is 5.11 Å². The summed E-state index contributed by atoms with van der Waals surface area (Å²) >= 11 is 0. The first-order valence-electron chi connectivity index (χ1n) is 6.87. The maximum Gasteiger partial charge on any atom is 0.115 e. The quantitative estimate of drug-likeness (QED) is 0.863. The van der Waals surface area contributed by atoms with Gasteiger partial charge in [-0.25, -0.2) is 0 Å². The van der Waals surface area contributed by atoms with Crippen LogP contribution in [0.2, 0.25) is 0 Å². The molecule has 0 amide bonds. The lowest BCUT2D eigenvalue weighted by Crippen LogP contribution is -2.17. The van der Waals surface area contributed by atoms with Crippen molar-refractivity contribution < 1.29 is 5.11 Å². The predicted molar refractivity (Wildman–Crippen MR) is 76.2 cm³/mol. The van der Waals surface area contributed by atoms with Gasteiger partial charge in [-0.3, -0.25) is 0 Å². The van der Waals surface area contributed by atoms with Crippen LogP contribution in [0, 0.1) is 5.92 Å². The maximum atomic E-state index is 9.28. The fraction of sp³-hybridized carbons (Fsp3) is 0.375. The SMILES string of the molecule is CNC(c1ccn(Cc2ccc(O)cc2)c1)C1CC1. The first kappa shape index (κ1) is 12.3. The highest BCUT2D eigenvalue weighted by Gasteiger charge is 2.31. The summed E-state index contributed by atoms with van der Waals surface area (Å²) in [5.74, 6) is 1.13. The summed E-state index contributed by atoms with van der Waals surface area (Å²) in [5.41, 5.74) is 2.58. The van der Waals surface area contributed by atoms with Crippen LogP contribution in [-0.2, 0) is 6.54 Å². The molecule has 2 aromatic rings. The van der Waals surface area contributed by atoms with Gasteiger partial charge >= 0.3 is 0 Å². The molecule has 1 saturated carbocycles. The van der Waals surface area contributed by atoms with Gasteiger partial charge in [0.25, 0.3) is 0 Å². The van der Waals surface area contributed by atoms with Crippen LogP contribution in [0.5, 0.6) is 5.75 Å². The van der Waals surface area contributed by atoms with Gasteiger partial charge in [-0.05, 0) is 55.1 Å². The molecule has 3 rings (SSSR count). The number of aromatic nitrogens is 1. The van der Waals surface area contributed by atoms with Gasteiger partial charge in [0.2, 0.25) is 0 Å². The Hall–Kier alpha value is -1.74. The molecule has 0 radical (unpaired) electrons. The zero-order valence-corrected chi connectivity index (χ0v) is 11.2. The van der Waals surface area contributed by atoms with Crippen LogP contribution in [0.4, 0.5) is 0 Å². The predicted octanol–water partition coefficient (Wildman–Crippen LogP) is 2.91. The first-order valence-corrected chi connectivity index (χ1v) is 6.87. The Morgan fingerprint density at radius 3 is 2.63 bits per heavy atom. The minimum absolute atomic E-state index is 0.320. The average Bonchev–Trinajstić information content (AvgIpc) is 3.14. The molecule has 0 bridgehead atoms. The molecular formula is C16H20N2O. The first-order chi connectivity index (χ1) is 9.26. The van der Waals surface area contributed by atoms with Crippen LogP contribution >= 0.6 is 0 Å². The summed E-state index contributed by atoms with van der Waals surface area (Å²) in [7, 11) is 2.04. The number of hydrogen-bond acceptors (Lipinski definition) is 2. The van der Waals surface area contributed by atoms with Crippen molar-refractivity contribution in [3.05, 3.63) is 53.9 Å². The Morgan fingerprint density at radius 1 is 1.26 bits per heavy atom. The monoisotopic (exact) mass is 256 g/mol. The normalized spacial score (nSPS) is 16.5. The van der Waals surface area contributed by atoms with Crippen LogP contribution in [0.15, 0.2) is 42.7 Å². The molecule has 0 saturated heterocycles. The zero-order valence-electron chi connectivity index (χ0n) is 11.2. The molecule has 1 aliphatic rings. The fourth-order valence-corrected chi connectivity index (χ4v) is 2.66. The second kappa shape index (κ2) is 5.10. The average molecular weight is 256 g/mol. The molecule has 3 heteroatoms. The number of benzene rings is 1. The number of phenolic OH excluding ortho intramolecular Hbond substituents is 1. The number of hydrogen-bond donors (Lipinski definition) is 2. The van der Waals surface area contributed by atoms with E-state index in [0.717, 1.165) is 12.5 Å². The number of phenols is 1. The topological polar surface area (TPSA) is 37.2 Å². The smallest absolute Gasteiger partial charge is 0.115 e. The summed E-state index contributed by atoms with van der Waals surface area (Å²) in [6.45, 7) is 0.849. The summed E-state index contributed by atoms with van der Waals surface area (Å²) in [5, 5.41) is 12.7. The van der Waals surface area contributed by atoms with Crippen LogP contribution in [-0.4, -0.2) is 16.7 Å². The van der Waals surface area contributed by atoms with E-state index in [1.807, 2.05) is 19.2 Å². The van der Waals surface area contributed by atoms with E-state index >= 15 is 0 Å². The van der Waals surface area contributed by atoms with Gasteiger partial charge in [0, 0.05) is 25.0 Å². The van der Waals surface area contributed by atoms with Gasteiger partial charge in [0.15, 0.2) is 0 Å². The highest BCUT2D eigenvalue weighted by atomic mass is 16.3. The van der Waals surface area contributed by atoms with Crippen molar-refractivity contribution in [2.24, 2.45) is 5.92 Å². The van der Waals surface area contributed by atoms with Gasteiger partial charge in [0.05, 0.1) is 0 Å². The molecule has 2 N–H and O–H groups in total. The molecule has 1 heterocycles. The van der Waals surface area contributed by atoms with Crippen molar-refractivity contribution in [3.63, 3.8) is 0 Å². The largest absolute Gasteiger partial charge is 0.508 e. The lowest BCUT2D eigenvalue weighted by Gasteiger charge is -2.13. The third kappa shape index (κ3) is 2.82. The Morgan fingerprint density at radius 2 is 2.00 bits per heavy atom. The summed E-state index contributed by atoms with van der Waals surface area (Å²) in [6.07, 6.45) is 7.05. The van der Waals surface area contributed by atoms with Gasteiger partial charge < -0.3 is 15.0 Å². The van der Waals surface area contributed by atoms with Crippen molar-refractivity contribution in [3.8, 4) is 5.75 Å². The van der Waals surface area contributed by atoms with E-state index in [-0.39, 0.29) is 0 Å². The van der Waals surface area contributed by atoms with E-state index in [1.165, 1.54) is 24.0 Å². The van der Waals surface area contributed by atoms with Crippen LogP contribution in [0.3, 0.4) is 0 Å². The fourth-order valence-electron chi connectivity index (χ4n) is 2.66. The third-order valence-electron chi connectivity index (χ3n) is 3.84. The van der Waals surface area contributed by atoms with Gasteiger partial charge in [-0.1, -0.05) is 12.1 Å². The minimum atomic E-state index is 0.320. The standard InChI is InChI=1S/C16H20N2O/c1-17-16(13-4-5-13)14-8-9-18(11-14)10-12-2-6-15(19)7-3-12/h2-3,6-9,11,13,16-17,19H,4-5,10H2,1H3. The number of nitrogens with one attached hydrogen (secondary N) is 1. The van der Waals surface area contributed by atoms with Crippen molar-refractivity contribution in [1.82, 2.24) is 9.88 Å². The number of rotatable bonds is 5. The minimum Gasteiger partial charge on any atom is -0.508 e. The Kier molecular flexibility index (Phi) is 3.30. The van der Waals surface area contributed by atoms with Crippen molar-refractivity contribution >= 4 is 0 Å². The molecule has 1 aromatic carbocycles. The van der Waals surface area contributed by atoms with E-state index in [2.05, 4.69) is 28.3 Å². The molecule has 1 aliphatic carbocycles. The third-order valence-corrected chi connectivity index (χ3v) is 3.84. The summed E-state index contributed by atoms with van der Waals surface area (Å²) in [4.78, 5) is 0. The molecule has 0 aliphatic heterocycles. The van der Waals surface area contributed by atoms with Crippen LogP contribution in [0.1, 0.15) is 30.0 Å². The summed E-state index contributed by atoms with van der Waals surface area (Å²) < 4.78 is 2.20. The second-order valence-corrected chi connectivity index (χ2v) is 5.39. The van der Waals surface area contributed by atoms with Crippen molar-refractivity contribution in [1.29, 1.82) is 0 Å². The second-order valence-electron chi connectivity index (χ2n) is 5.39. The molecule has 1 fully saturated rings. The molecular weight excluding hydrogens is 236 g/mol. The van der Waals surface area contributed by atoms with Crippen LogP contribution < -0.4 is 5.32 Å². The van der Waals surface area contributed by atoms with E-state index in [1.54, 1.807) is 12.1 Å². The van der Waals surface area contributed by atoms with Gasteiger partial charge in [0.1, 0.15) is 5.75 Å². The Balaban J connectivity index is 1.72. The molecule has 19 heavy (non-hydrogen) atoms. The zero-order chi connectivity index (χ0) is 13.2. The van der Waals surface area contributed by atoms with Gasteiger partial charge in [-0.15, -0.1) is 0 Å². The molecule has 1 aromatic heterocycles. The Bertz CT molecular complexity index is 540. The van der Waals surface area contributed by atoms with E-state index in [0.29, 0.717) is 11.8 Å². The molecule has 3 nitrogen and oxygen atoms in total. The van der Waals surface area contributed by atoms with Crippen molar-refractivity contribution in [2.45, 2.75) is 25.4 Å². The lowest BCUT2D eigenvalue weighted by atomic mass is 10.1. The van der Waals surface area contributed by atoms with E-state index < -0.39 is 0 Å². The highest BCUT2D eigenvalue weighted by Crippen LogP contribution is 2.40. The Labute approximate surface area is 113 Å². The lowest BCUT2D eigenvalue weighted by molar-refractivity contribution is 0.475. The van der Waals surface area contributed by atoms with Gasteiger partial charge in [-0.2, -0.15) is 0 Å². The molecule has 0 spiro atoms. The molecule has 1 unspecified atom stereocenters. The number of aromatic hydroxyl groups is 1. The molecule has 1 atom stereocenters. The maximum absolute atomic E-state index is 9.28. The highest BCUT2D eigenvalue weighted by molar-refractivity contribution is 5.27. The molecule has 100 valence electrons.